The topological polar surface area (TPSA) is 57.8 Å². The van der Waals surface area contributed by atoms with Crippen LogP contribution in [-0.2, 0) is 4.79 Å². The molecule has 1 amide bonds. The summed E-state index contributed by atoms with van der Waals surface area (Å²) in [4.78, 5) is 18.9. The van der Waals surface area contributed by atoms with Gasteiger partial charge in [0.15, 0.2) is 0 Å². The number of aromatic amines is 1. The summed E-state index contributed by atoms with van der Waals surface area (Å²) in [5, 5.41) is 2.98. The van der Waals surface area contributed by atoms with Crippen molar-refractivity contribution in [1.29, 1.82) is 0 Å². The van der Waals surface area contributed by atoms with E-state index in [4.69, 9.17) is 0 Å². The summed E-state index contributed by atoms with van der Waals surface area (Å²) < 4.78 is 0. The summed E-state index contributed by atoms with van der Waals surface area (Å²) in [5.74, 6) is 0.862. The Hall–Kier alpha value is -1.32. The molecule has 0 spiro atoms. The molecule has 0 aliphatic carbocycles. The summed E-state index contributed by atoms with van der Waals surface area (Å²) in [7, 11) is 0. The van der Waals surface area contributed by atoms with Crippen molar-refractivity contribution in [1.82, 2.24) is 15.3 Å². The highest BCUT2D eigenvalue weighted by molar-refractivity contribution is 5.81. The van der Waals surface area contributed by atoms with Crippen molar-refractivity contribution in [2.75, 3.05) is 0 Å². The Bertz CT molecular complexity index is 311. The Morgan fingerprint density at radius 3 is 2.67 bits per heavy atom. The lowest BCUT2D eigenvalue weighted by molar-refractivity contribution is -0.129. The van der Waals surface area contributed by atoms with Crippen molar-refractivity contribution < 1.29 is 4.79 Å². The van der Waals surface area contributed by atoms with Crippen LogP contribution in [0, 0.1) is 5.41 Å². The Labute approximate surface area is 90.5 Å². The van der Waals surface area contributed by atoms with Gasteiger partial charge in [0.2, 0.25) is 5.91 Å². The van der Waals surface area contributed by atoms with Crippen molar-refractivity contribution in [3.05, 3.63) is 18.2 Å². The third-order valence-corrected chi connectivity index (χ3v) is 2.24. The smallest absolute Gasteiger partial charge is 0.225 e. The third kappa shape index (κ3) is 3.08. The fraction of sp³-hybridized carbons (Fsp3) is 0.636. The van der Waals surface area contributed by atoms with Crippen molar-refractivity contribution in [2.45, 2.75) is 40.2 Å². The molecule has 0 saturated carbocycles. The zero-order chi connectivity index (χ0) is 11.5. The van der Waals surface area contributed by atoms with Crippen LogP contribution in [0.2, 0.25) is 0 Å². The molecule has 1 heterocycles. The van der Waals surface area contributed by atoms with Gasteiger partial charge in [0.05, 0.1) is 6.04 Å². The number of carbonyl (C=O) groups excluding carboxylic acids is 1. The number of hydrogen-bond acceptors (Lipinski definition) is 2. The lowest BCUT2D eigenvalue weighted by atomic mass is 9.95. The van der Waals surface area contributed by atoms with E-state index in [1.54, 1.807) is 12.4 Å². The number of nitrogens with one attached hydrogen (secondary N) is 2. The van der Waals surface area contributed by atoms with Crippen LogP contribution in [0.15, 0.2) is 12.4 Å². The zero-order valence-electron chi connectivity index (χ0n) is 9.79. The Balaban J connectivity index is 2.67. The van der Waals surface area contributed by atoms with Crippen LogP contribution >= 0.6 is 0 Å². The van der Waals surface area contributed by atoms with E-state index >= 15 is 0 Å². The lowest BCUT2D eigenvalue weighted by Crippen LogP contribution is -2.37. The SMILES string of the molecule is CCC(NC(=O)C(C)(C)C)c1ncc[nH]1. The minimum Gasteiger partial charge on any atom is -0.347 e. The van der Waals surface area contributed by atoms with E-state index < -0.39 is 0 Å². The van der Waals surface area contributed by atoms with E-state index in [0.717, 1.165) is 12.2 Å². The molecule has 4 nitrogen and oxygen atoms in total. The molecule has 1 aromatic heterocycles. The minimum atomic E-state index is -0.361. The first-order chi connectivity index (χ1) is 6.95. The highest BCUT2D eigenvalue weighted by atomic mass is 16.2. The molecule has 2 N–H and O–H groups in total. The van der Waals surface area contributed by atoms with Crippen LogP contribution in [-0.4, -0.2) is 15.9 Å². The summed E-state index contributed by atoms with van der Waals surface area (Å²) in [6.07, 6.45) is 4.29. The lowest BCUT2D eigenvalue weighted by Gasteiger charge is -2.22. The van der Waals surface area contributed by atoms with Gasteiger partial charge in [-0.3, -0.25) is 4.79 Å². The first-order valence-corrected chi connectivity index (χ1v) is 5.25. The molecule has 0 fully saturated rings. The van der Waals surface area contributed by atoms with Gasteiger partial charge in [0.1, 0.15) is 5.82 Å². The number of amides is 1. The monoisotopic (exact) mass is 209 g/mol. The number of hydrogen-bond donors (Lipinski definition) is 2. The molecule has 0 aromatic carbocycles. The van der Waals surface area contributed by atoms with E-state index in [0.29, 0.717) is 0 Å². The Morgan fingerprint density at radius 2 is 2.27 bits per heavy atom. The van der Waals surface area contributed by atoms with Gasteiger partial charge in [-0.2, -0.15) is 0 Å². The van der Waals surface area contributed by atoms with Crippen molar-refractivity contribution >= 4 is 5.91 Å². The molecule has 84 valence electrons. The zero-order valence-corrected chi connectivity index (χ0v) is 9.79. The largest absolute Gasteiger partial charge is 0.347 e. The van der Waals surface area contributed by atoms with E-state index in [2.05, 4.69) is 15.3 Å². The molecule has 1 atom stereocenters. The van der Waals surface area contributed by atoms with E-state index in [9.17, 15) is 4.79 Å². The molecule has 1 rings (SSSR count). The molecule has 1 aromatic rings. The van der Waals surface area contributed by atoms with Crippen LogP contribution in [0.5, 0.6) is 0 Å². The molecule has 0 aliphatic heterocycles. The Morgan fingerprint density at radius 1 is 1.60 bits per heavy atom. The second kappa shape index (κ2) is 4.47. The van der Waals surface area contributed by atoms with Crippen LogP contribution < -0.4 is 5.32 Å². The molecular formula is C11H19N3O. The number of rotatable bonds is 3. The van der Waals surface area contributed by atoms with Crippen LogP contribution in [0.3, 0.4) is 0 Å². The van der Waals surface area contributed by atoms with E-state index in [1.807, 2.05) is 27.7 Å². The average Bonchev–Trinajstić information content (AvgIpc) is 2.64. The fourth-order valence-corrected chi connectivity index (χ4v) is 1.21. The maximum Gasteiger partial charge on any atom is 0.225 e. The van der Waals surface area contributed by atoms with Gasteiger partial charge in [-0.1, -0.05) is 27.7 Å². The van der Waals surface area contributed by atoms with Crippen molar-refractivity contribution in [2.24, 2.45) is 5.41 Å². The predicted octanol–water partition coefficient (Wildman–Crippen LogP) is 2.02. The maximum atomic E-state index is 11.8. The number of nitrogens with zero attached hydrogens (tertiary/aromatic N) is 1. The molecule has 15 heavy (non-hydrogen) atoms. The normalized spacial score (nSPS) is 13.6. The fourth-order valence-electron chi connectivity index (χ4n) is 1.21. The van der Waals surface area contributed by atoms with Gasteiger partial charge in [-0.05, 0) is 6.42 Å². The van der Waals surface area contributed by atoms with Gasteiger partial charge >= 0.3 is 0 Å². The van der Waals surface area contributed by atoms with Gasteiger partial charge in [-0.25, -0.2) is 4.98 Å². The van der Waals surface area contributed by atoms with Crippen LogP contribution in [0.25, 0.3) is 0 Å². The van der Waals surface area contributed by atoms with Crippen LogP contribution in [0.4, 0.5) is 0 Å². The molecule has 1 unspecified atom stereocenters. The second-order valence-corrected chi connectivity index (χ2v) is 4.66. The Kier molecular flexibility index (Phi) is 3.50. The summed E-state index contributed by atoms with van der Waals surface area (Å²) in [5.41, 5.74) is -0.361. The molecule has 0 aliphatic rings. The molecular weight excluding hydrogens is 190 g/mol. The van der Waals surface area contributed by atoms with Gasteiger partial charge in [-0.15, -0.1) is 0 Å². The number of imidazole rings is 1. The van der Waals surface area contributed by atoms with Crippen LogP contribution in [0.1, 0.15) is 46.0 Å². The predicted molar refractivity (Wildman–Crippen MR) is 59.2 cm³/mol. The average molecular weight is 209 g/mol. The summed E-state index contributed by atoms with van der Waals surface area (Å²) in [6, 6.07) is -0.0216. The van der Waals surface area contributed by atoms with Gasteiger partial charge in [0.25, 0.3) is 0 Å². The second-order valence-electron chi connectivity index (χ2n) is 4.66. The maximum absolute atomic E-state index is 11.8. The van der Waals surface area contributed by atoms with Gasteiger partial charge < -0.3 is 10.3 Å². The van der Waals surface area contributed by atoms with E-state index in [-0.39, 0.29) is 17.4 Å². The minimum absolute atomic E-state index is 0.0216. The van der Waals surface area contributed by atoms with Crippen molar-refractivity contribution in [3.8, 4) is 0 Å². The number of H-pyrrole nitrogens is 1. The molecule has 4 heteroatoms. The summed E-state index contributed by atoms with van der Waals surface area (Å²) >= 11 is 0. The van der Waals surface area contributed by atoms with Gasteiger partial charge in [0, 0.05) is 17.8 Å². The van der Waals surface area contributed by atoms with Crippen molar-refractivity contribution in [3.63, 3.8) is 0 Å². The molecule has 0 saturated heterocycles. The third-order valence-electron chi connectivity index (χ3n) is 2.24. The standard InChI is InChI=1S/C11H19N3O/c1-5-8(9-12-6-7-13-9)14-10(15)11(2,3)4/h6-8H,5H2,1-4H3,(H,12,13)(H,14,15). The number of carbonyl (C=O) groups is 1. The first kappa shape index (κ1) is 11.8. The molecule has 0 radical (unpaired) electrons. The first-order valence-electron chi connectivity index (χ1n) is 5.25. The van der Waals surface area contributed by atoms with E-state index in [1.165, 1.54) is 0 Å². The quantitative estimate of drug-likeness (QED) is 0.800. The summed E-state index contributed by atoms with van der Waals surface area (Å²) in [6.45, 7) is 7.72. The highest BCUT2D eigenvalue weighted by Crippen LogP contribution is 2.17. The molecule has 0 bridgehead atoms. The highest BCUT2D eigenvalue weighted by Gasteiger charge is 2.24. The number of aromatic nitrogens is 2.